The summed E-state index contributed by atoms with van der Waals surface area (Å²) in [6.45, 7) is 4.16. The number of anilines is 1. The van der Waals surface area contributed by atoms with Crippen LogP contribution in [0, 0.1) is 11.7 Å². The Bertz CT molecular complexity index is 1100. The van der Waals surface area contributed by atoms with E-state index in [4.69, 9.17) is 12.2 Å². The minimum Gasteiger partial charge on any atom is -0.506 e. The van der Waals surface area contributed by atoms with Gasteiger partial charge in [0, 0.05) is 12.1 Å². The highest BCUT2D eigenvalue weighted by Gasteiger charge is 2.12. The van der Waals surface area contributed by atoms with Crippen LogP contribution in [0.25, 0.3) is 10.9 Å². The number of phenolic OH excluding ortho intramolecular Hbond substituents is 1. The molecule has 1 amide bonds. The lowest BCUT2D eigenvalue weighted by atomic mass is 10.1. The maximum absolute atomic E-state index is 12.4. The Morgan fingerprint density at radius 3 is 2.72 bits per heavy atom. The van der Waals surface area contributed by atoms with Gasteiger partial charge in [0.2, 0.25) is 0 Å². The molecule has 0 bridgehead atoms. The van der Waals surface area contributed by atoms with Crippen LogP contribution in [0.15, 0.2) is 41.2 Å². The number of hydrogen-bond donors (Lipinski definition) is 3. The average Bonchev–Trinajstić information content (AvgIpc) is 2.57. The normalized spacial score (nSPS) is 10.8. The number of hydrogen-bond acceptors (Lipinski definition) is 4. The van der Waals surface area contributed by atoms with Crippen LogP contribution in [-0.2, 0) is 6.54 Å². The van der Waals surface area contributed by atoms with Crippen LogP contribution >= 0.6 is 12.2 Å². The molecular weight excluding hydrogens is 338 g/mol. The Labute approximate surface area is 148 Å². The van der Waals surface area contributed by atoms with E-state index in [-0.39, 0.29) is 17.2 Å². The first kappa shape index (κ1) is 16.9. The second kappa shape index (κ2) is 6.52. The molecule has 1 aromatic heterocycles. The number of nitrogens with one attached hydrogen (secondary N) is 2. The summed E-state index contributed by atoms with van der Waals surface area (Å²) in [6.07, 6.45) is 0. The molecule has 3 rings (SSSR count). The molecule has 0 aliphatic carbocycles. The maximum Gasteiger partial charge on any atom is 0.262 e. The summed E-state index contributed by atoms with van der Waals surface area (Å²) in [5, 5.41) is 13.0. The van der Waals surface area contributed by atoms with Gasteiger partial charge in [-0.2, -0.15) is 0 Å². The van der Waals surface area contributed by atoms with Crippen molar-refractivity contribution in [2.24, 2.45) is 0 Å². The lowest BCUT2D eigenvalue weighted by molar-refractivity contribution is 0.102. The summed E-state index contributed by atoms with van der Waals surface area (Å²) in [5.41, 5.74) is 1.88. The standard InChI is InChI=1S/C18H17N3O3S/c1-3-21-17(24)12-6-5-11(9-14(12)20-18(21)25)16(23)19-13-7-4-10(2)8-15(13)22/h4-9,22H,3H2,1-2H3,(H,19,23)(H,20,25). The molecule has 128 valence electrons. The van der Waals surface area contributed by atoms with Gasteiger partial charge in [-0.25, -0.2) is 0 Å². The van der Waals surface area contributed by atoms with Gasteiger partial charge in [0.15, 0.2) is 4.77 Å². The number of phenols is 1. The van der Waals surface area contributed by atoms with E-state index in [0.717, 1.165) is 5.56 Å². The summed E-state index contributed by atoms with van der Waals surface area (Å²) in [6, 6.07) is 9.74. The summed E-state index contributed by atoms with van der Waals surface area (Å²) < 4.78 is 1.77. The summed E-state index contributed by atoms with van der Waals surface area (Å²) in [7, 11) is 0. The van der Waals surface area contributed by atoms with E-state index < -0.39 is 0 Å². The molecule has 0 aliphatic rings. The van der Waals surface area contributed by atoms with Crippen LogP contribution in [0.5, 0.6) is 5.75 Å². The second-order valence-corrected chi connectivity index (χ2v) is 6.10. The van der Waals surface area contributed by atoms with Crippen LogP contribution < -0.4 is 10.9 Å². The molecule has 0 saturated heterocycles. The lowest BCUT2D eigenvalue weighted by Gasteiger charge is -2.09. The molecule has 3 aromatic rings. The van der Waals surface area contributed by atoms with Crippen molar-refractivity contribution in [3.63, 3.8) is 0 Å². The molecule has 3 N–H and O–H groups in total. The number of aromatic hydroxyl groups is 1. The number of carbonyl (C=O) groups excluding carboxylic acids is 1. The molecule has 7 heteroatoms. The van der Waals surface area contributed by atoms with Gasteiger partial charge in [0.05, 0.1) is 16.6 Å². The molecule has 0 unspecified atom stereocenters. The number of H-pyrrole nitrogens is 1. The first-order valence-electron chi connectivity index (χ1n) is 7.78. The fourth-order valence-electron chi connectivity index (χ4n) is 2.62. The van der Waals surface area contributed by atoms with Gasteiger partial charge in [-0.3, -0.25) is 14.2 Å². The quantitative estimate of drug-likeness (QED) is 0.497. The maximum atomic E-state index is 12.4. The molecule has 1 heterocycles. The molecule has 0 fully saturated rings. The lowest BCUT2D eigenvalue weighted by Crippen LogP contribution is -2.21. The summed E-state index contributed by atoms with van der Waals surface area (Å²) in [5.74, 6) is -0.389. The first-order chi connectivity index (χ1) is 11.9. The molecule has 6 nitrogen and oxygen atoms in total. The van der Waals surface area contributed by atoms with Crippen molar-refractivity contribution < 1.29 is 9.90 Å². The molecule has 0 atom stereocenters. The van der Waals surface area contributed by atoms with Crippen LogP contribution in [0.3, 0.4) is 0 Å². The smallest absolute Gasteiger partial charge is 0.262 e. The Balaban J connectivity index is 2.00. The Morgan fingerprint density at radius 2 is 2.04 bits per heavy atom. The zero-order valence-corrected chi connectivity index (χ0v) is 14.6. The topological polar surface area (TPSA) is 87.1 Å². The first-order valence-corrected chi connectivity index (χ1v) is 8.19. The van der Waals surface area contributed by atoms with Crippen molar-refractivity contribution in [2.75, 3.05) is 5.32 Å². The van der Waals surface area contributed by atoms with E-state index in [9.17, 15) is 14.7 Å². The molecule has 2 aromatic carbocycles. The molecule has 0 spiro atoms. The van der Waals surface area contributed by atoms with Gasteiger partial charge in [0.25, 0.3) is 11.5 Å². The number of amides is 1. The van der Waals surface area contributed by atoms with Gasteiger partial charge >= 0.3 is 0 Å². The van der Waals surface area contributed by atoms with E-state index >= 15 is 0 Å². The zero-order chi connectivity index (χ0) is 18.1. The predicted molar refractivity (Wildman–Crippen MR) is 99.9 cm³/mol. The van der Waals surface area contributed by atoms with E-state index in [1.165, 1.54) is 4.57 Å². The second-order valence-electron chi connectivity index (χ2n) is 5.71. The number of fused-ring (bicyclic) bond motifs is 1. The third-order valence-electron chi connectivity index (χ3n) is 3.96. The fourth-order valence-corrected chi connectivity index (χ4v) is 2.95. The highest BCUT2D eigenvalue weighted by Crippen LogP contribution is 2.24. The van der Waals surface area contributed by atoms with Crippen molar-refractivity contribution in [3.8, 4) is 5.75 Å². The van der Waals surface area contributed by atoms with Gasteiger partial charge in [-0.05, 0) is 62.0 Å². The zero-order valence-electron chi connectivity index (χ0n) is 13.8. The van der Waals surface area contributed by atoms with E-state index in [2.05, 4.69) is 10.3 Å². The van der Waals surface area contributed by atoms with E-state index in [0.29, 0.717) is 33.5 Å². The van der Waals surface area contributed by atoms with Crippen LogP contribution in [0.1, 0.15) is 22.8 Å². The molecule has 25 heavy (non-hydrogen) atoms. The van der Waals surface area contributed by atoms with Gasteiger partial charge in [-0.15, -0.1) is 0 Å². The third-order valence-corrected chi connectivity index (χ3v) is 4.28. The van der Waals surface area contributed by atoms with Crippen molar-refractivity contribution in [1.82, 2.24) is 9.55 Å². The fraction of sp³-hybridized carbons (Fsp3) is 0.167. The molecule has 0 saturated carbocycles. The van der Waals surface area contributed by atoms with Gasteiger partial charge in [-0.1, -0.05) is 6.07 Å². The summed E-state index contributed by atoms with van der Waals surface area (Å²) in [4.78, 5) is 27.8. The monoisotopic (exact) mass is 355 g/mol. The van der Waals surface area contributed by atoms with Crippen LogP contribution in [0.2, 0.25) is 0 Å². The third kappa shape index (κ3) is 3.18. The molecular formula is C18H17N3O3S. The highest BCUT2D eigenvalue weighted by molar-refractivity contribution is 7.71. The van der Waals surface area contributed by atoms with Crippen molar-refractivity contribution >= 4 is 34.7 Å². The highest BCUT2D eigenvalue weighted by atomic mass is 32.1. The number of benzene rings is 2. The minimum absolute atomic E-state index is 0.000576. The van der Waals surface area contributed by atoms with E-state index in [1.54, 1.807) is 36.4 Å². The number of carbonyl (C=O) groups is 1. The van der Waals surface area contributed by atoms with Crippen LogP contribution in [-0.4, -0.2) is 20.6 Å². The largest absolute Gasteiger partial charge is 0.506 e. The predicted octanol–water partition coefficient (Wildman–Crippen LogP) is 3.35. The number of aromatic amines is 1. The number of rotatable bonds is 3. The van der Waals surface area contributed by atoms with Gasteiger partial charge < -0.3 is 15.4 Å². The Hall–Kier alpha value is -2.93. The average molecular weight is 355 g/mol. The number of nitrogens with zero attached hydrogens (tertiary/aromatic N) is 1. The minimum atomic E-state index is -0.389. The van der Waals surface area contributed by atoms with Crippen LogP contribution in [0.4, 0.5) is 5.69 Å². The Morgan fingerprint density at radius 1 is 1.28 bits per heavy atom. The van der Waals surface area contributed by atoms with Crippen molar-refractivity contribution in [3.05, 3.63) is 62.6 Å². The SMILES string of the molecule is CCn1c(=S)[nH]c2cc(C(=O)Nc3ccc(C)cc3O)ccc2c1=O. The van der Waals surface area contributed by atoms with Gasteiger partial charge in [0.1, 0.15) is 5.75 Å². The molecule has 0 aliphatic heterocycles. The van der Waals surface area contributed by atoms with E-state index in [1.807, 2.05) is 13.8 Å². The number of aromatic nitrogens is 2. The number of aryl methyl sites for hydroxylation is 1. The molecule has 0 radical (unpaired) electrons. The van der Waals surface area contributed by atoms with Crippen molar-refractivity contribution in [2.45, 2.75) is 20.4 Å². The van der Waals surface area contributed by atoms with Crippen molar-refractivity contribution in [1.29, 1.82) is 0 Å². The Kier molecular flexibility index (Phi) is 4.41. The summed E-state index contributed by atoms with van der Waals surface area (Å²) >= 11 is 5.18.